The summed E-state index contributed by atoms with van der Waals surface area (Å²) >= 11 is 0. The highest BCUT2D eigenvalue weighted by Crippen LogP contribution is 2.37. The van der Waals surface area contributed by atoms with E-state index < -0.39 is 18.3 Å². The monoisotopic (exact) mass is 361 g/mol. The molecule has 1 aliphatic carbocycles. The molecular weight excluding hydrogens is 328 g/mol. The fraction of sp³-hybridized carbons (Fsp3) is 0.714. The van der Waals surface area contributed by atoms with E-state index in [9.17, 15) is 4.39 Å². The Hall–Kier alpha value is -0.905. The molecule has 0 N–H and O–H groups in total. The largest absolute Gasteiger partial charge is 0.495 e. The van der Waals surface area contributed by atoms with Gasteiger partial charge in [0.25, 0.3) is 0 Å². The van der Waals surface area contributed by atoms with Crippen LogP contribution in [-0.2, 0) is 15.9 Å². The van der Waals surface area contributed by atoms with Gasteiger partial charge >= 0.3 is 7.12 Å². The zero-order chi connectivity index (χ0) is 19.1. The molecule has 0 aromatic heterocycles. The molecule has 1 aliphatic heterocycles. The van der Waals surface area contributed by atoms with E-state index in [-0.39, 0.29) is 5.82 Å². The lowest BCUT2D eigenvalue weighted by atomic mass is 9.75. The van der Waals surface area contributed by atoms with E-state index in [1.165, 1.54) is 25.7 Å². The topological polar surface area (TPSA) is 21.7 Å². The van der Waals surface area contributed by atoms with Crippen molar-refractivity contribution < 1.29 is 13.7 Å². The summed E-state index contributed by atoms with van der Waals surface area (Å²) in [4.78, 5) is 2.41. The molecule has 2 aliphatic rings. The molecule has 1 saturated carbocycles. The Morgan fingerprint density at radius 2 is 1.65 bits per heavy atom. The molecule has 2 fully saturated rings. The van der Waals surface area contributed by atoms with E-state index >= 15 is 0 Å². The maximum absolute atomic E-state index is 14.0. The van der Waals surface area contributed by atoms with Crippen LogP contribution < -0.4 is 5.46 Å². The maximum atomic E-state index is 14.0. The van der Waals surface area contributed by atoms with Gasteiger partial charge in [-0.1, -0.05) is 13.0 Å². The second-order valence-electron chi connectivity index (χ2n) is 9.26. The van der Waals surface area contributed by atoms with Crippen molar-refractivity contribution in [2.45, 2.75) is 84.1 Å². The van der Waals surface area contributed by atoms with Gasteiger partial charge in [0.15, 0.2) is 0 Å². The van der Waals surface area contributed by atoms with Crippen LogP contribution in [0.25, 0.3) is 0 Å². The first-order valence-corrected chi connectivity index (χ1v) is 9.93. The average Bonchev–Trinajstić information content (AvgIpc) is 2.77. The van der Waals surface area contributed by atoms with E-state index in [4.69, 9.17) is 9.31 Å². The molecule has 144 valence electrons. The third kappa shape index (κ3) is 4.00. The van der Waals surface area contributed by atoms with Crippen LogP contribution in [0.4, 0.5) is 4.39 Å². The molecule has 0 radical (unpaired) electrons. The van der Waals surface area contributed by atoms with Crippen LogP contribution in [0.1, 0.15) is 65.9 Å². The Balaban J connectivity index is 1.79. The molecule has 5 heteroatoms. The van der Waals surface area contributed by atoms with E-state index in [1.807, 2.05) is 33.8 Å². The molecule has 0 unspecified atom stereocenters. The summed E-state index contributed by atoms with van der Waals surface area (Å²) in [7, 11) is 1.66. The number of benzene rings is 1. The standard InChI is InChI=1S/C21H33BFNO2/c1-15-7-11-18(12-8-15)24(6)14-16-9-10-17(23)13-19(16)22-25-20(2,3)21(4,5)26-22/h9-10,13,15,18H,7-8,11-12,14H2,1-6H3. The van der Waals surface area contributed by atoms with Gasteiger partial charge in [0.1, 0.15) is 5.82 Å². The molecular formula is C21H33BFNO2. The van der Waals surface area contributed by atoms with Crippen LogP contribution in [0.3, 0.4) is 0 Å². The fourth-order valence-corrected chi connectivity index (χ4v) is 3.98. The van der Waals surface area contributed by atoms with Crippen LogP contribution in [0, 0.1) is 11.7 Å². The number of nitrogens with zero attached hydrogens (tertiary/aromatic N) is 1. The van der Waals surface area contributed by atoms with Gasteiger partial charge in [0.05, 0.1) is 11.2 Å². The van der Waals surface area contributed by atoms with Crippen LogP contribution in [0.15, 0.2) is 18.2 Å². The van der Waals surface area contributed by atoms with Gasteiger partial charge < -0.3 is 9.31 Å². The minimum absolute atomic E-state index is 0.243. The lowest BCUT2D eigenvalue weighted by Crippen LogP contribution is -2.41. The average molecular weight is 361 g/mol. The van der Waals surface area contributed by atoms with Crippen molar-refractivity contribution >= 4 is 12.6 Å². The Kier molecular flexibility index (Phi) is 5.54. The molecule has 0 bridgehead atoms. The molecule has 3 nitrogen and oxygen atoms in total. The van der Waals surface area contributed by atoms with E-state index in [0.717, 1.165) is 23.5 Å². The van der Waals surface area contributed by atoms with Gasteiger partial charge in [-0.3, -0.25) is 4.90 Å². The molecule has 1 aromatic rings. The first kappa shape index (κ1) is 19.8. The number of hydrogen-bond acceptors (Lipinski definition) is 3. The Bertz CT molecular complexity index is 625. The van der Waals surface area contributed by atoms with Gasteiger partial charge in [-0.25, -0.2) is 4.39 Å². The highest BCUT2D eigenvalue weighted by Gasteiger charge is 2.52. The molecule has 0 spiro atoms. The number of hydrogen-bond donors (Lipinski definition) is 0. The molecule has 0 amide bonds. The molecule has 1 aromatic carbocycles. The maximum Gasteiger partial charge on any atom is 0.495 e. The minimum Gasteiger partial charge on any atom is -0.399 e. The van der Waals surface area contributed by atoms with Crippen molar-refractivity contribution in [3.63, 3.8) is 0 Å². The number of rotatable bonds is 4. The van der Waals surface area contributed by atoms with Crippen LogP contribution in [-0.4, -0.2) is 36.3 Å². The SMILES string of the molecule is CC1CCC(N(C)Cc2ccc(F)cc2B2OC(C)(C)C(C)(C)O2)CC1. The minimum atomic E-state index is -0.523. The third-order valence-corrected chi connectivity index (χ3v) is 6.64. The summed E-state index contributed by atoms with van der Waals surface area (Å²) in [6, 6.07) is 5.61. The van der Waals surface area contributed by atoms with Crippen LogP contribution in [0.5, 0.6) is 0 Å². The van der Waals surface area contributed by atoms with Crippen molar-refractivity contribution in [2.75, 3.05) is 7.05 Å². The van der Waals surface area contributed by atoms with Gasteiger partial charge in [-0.05, 0) is 89.5 Å². The fourth-order valence-electron chi connectivity index (χ4n) is 3.98. The summed E-state index contributed by atoms with van der Waals surface area (Å²) in [6.45, 7) is 11.2. The highest BCUT2D eigenvalue weighted by atomic mass is 19.1. The highest BCUT2D eigenvalue weighted by molar-refractivity contribution is 6.62. The van der Waals surface area contributed by atoms with Gasteiger partial charge in [0, 0.05) is 12.6 Å². The quantitative estimate of drug-likeness (QED) is 0.753. The zero-order valence-corrected chi connectivity index (χ0v) is 17.1. The lowest BCUT2D eigenvalue weighted by Gasteiger charge is -2.34. The summed E-state index contributed by atoms with van der Waals surface area (Å²) in [6.07, 6.45) is 5.07. The lowest BCUT2D eigenvalue weighted by molar-refractivity contribution is 0.00578. The Morgan fingerprint density at radius 1 is 1.08 bits per heavy atom. The first-order valence-electron chi connectivity index (χ1n) is 9.93. The van der Waals surface area contributed by atoms with Crippen molar-refractivity contribution in [1.29, 1.82) is 0 Å². The van der Waals surface area contributed by atoms with Crippen LogP contribution >= 0.6 is 0 Å². The molecule has 26 heavy (non-hydrogen) atoms. The Morgan fingerprint density at radius 3 is 2.23 bits per heavy atom. The third-order valence-electron chi connectivity index (χ3n) is 6.64. The van der Waals surface area contributed by atoms with Gasteiger partial charge in [-0.15, -0.1) is 0 Å². The smallest absolute Gasteiger partial charge is 0.399 e. The molecule has 3 rings (SSSR count). The van der Waals surface area contributed by atoms with E-state index in [1.54, 1.807) is 12.1 Å². The second kappa shape index (κ2) is 7.25. The van der Waals surface area contributed by atoms with Crippen molar-refractivity contribution in [3.05, 3.63) is 29.6 Å². The van der Waals surface area contributed by atoms with Crippen LogP contribution in [0.2, 0.25) is 0 Å². The van der Waals surface area contributed by atoms with Gasteiger partial charge in [-0.2, -0.15) is 0 Å². The first-order chi connectivity index (χ1) is 12.1. The Labute approximate surface area is 158 Å². The summed E-state index contributed by atoms with van der Waals surface area (Å²) in [5.74, 6) is 0.596. The molecule has 0 atom stereocenters. The summed E-state index contributed by atoms with van der Waals surface area (Å²) in [5, 5.41) is 0. The predicted molar refractivity (Wildman–Crippen MR) is 105 cm³/mol. The summed E-state index contributed by atoms with van der Waals surface area (Å²) in [5.41, 5.74) is 1.06. The van der Waals surface area contributed by atoms with E-state index in [2.05, 4.69) is 18.9 Å². The second-order valence-corrected chi connectivity index (χ2v) is 9.26. The molecule has 1 heterocycles. The normalized spacial score (nSPS) is 27.9. The summed E-state index contributed by atoms with van der Waals surface area (Å²) < 4.78 is 26.4. The molecule has 1 saturated heterocycles. The zero-order valence-electron chi connectivity index (χ0n) is 17.1. The van der Waals surface area contributed by atoms with Crippen molar-refractivity contribution in [1.82, 2.24) is 4.90 Å². The van der Waals surface area contributed by atoms with Gasteiger partial charge in [0.2, 0.25) is 0 Å². The van der Waals surface area contributed by atoms with Crippen molar-refractivity contribution in [3.8, 4) is 0 Å². The van der Waals surface area contributed by atoms with Crippen molar-refractivity contribution in [2.24, 2.45) is 5.92 Å². The predicted octanol–water partition coefficient (Wildman–Crippen LogP) is 4.14. The van der Waals surface area contributed by atoms with E-state index in [0.29, 0.717) is 6.04 Å². The number of halogens is 1.